The molecule has 2 aliphatic rings. The molecule has 0 bridgehead atoms. The number of nitrogens with one attached hydrogen (secondary N) is 2. The van der Waals surface area contributed by atoms with Crippen molar-refractivity contribution in [2.75, 3.05) is 13.1 Å². The van der Waals surface area contributed by atoms with Gasteiger partial charge in [0.1, 0.15) is 0 Å². The van der Waals surface area contributed by atoms with Crippen LogP contribution in [0, 0.1) is 5.92 Å². The predicted molar refractivity (Wildman–Crippen MR) is 69.8 cm³/mol. The molecule has 1 aliphatic heterocycles. The number of hydrogen-bond acceptors (Lipinski definition) is 2. The molecule has 1 saturated heterocycles. The number of rotatable bonds is 4. The zero-order valence-electron chi connectivity index (χ0n) is 11.1. The summed E-state index contributed by atoms with van der Waals surface area (Å²) in [7, 11) is 0. The van der Waals surface area contributed by atoms with Crippen LogP contribution in [-0.4, -0.2) is 24.5 Å². The predicted octanol–water partition coefficient (Wildman–Crippen LogP) is 2.22. The maximum Gasteiger partial charge on any atom is 0.240 e. The second kappa shape index (κ2) is 5.85. The molecule has 0 aromatic rings. The van der Waals surface area contributed by atoms with E-state index in [0.717, 1.165) is 25.4 Å². The van der Waals surface area contributed by atoms with E-state index < -0.39 is 0 Å². The van der Waals surface area contributed by atoms with E-state index in [4.69, 9.17) is 0 Å². The normalized spacial score (nSPS) is 30.4. The highest BCUT2D eigenvalue weighted by Crippen LogP contribution is 2.27. The van der Waals surface area contributed by atoms with Crippen LogP contribution in [0.3, 0.4) is 0 Å². The third-order valence-electron chi connectivity index (χ3n) is 4.43. The van der Waals surface area contributed by atoms with Crippen molar-refractivity contribution in [1.29, 1.82) is 0 Å². The molecule has 3 nitrogen and oxygen atoms in total. The van der Waals surface area contributed by atoms with Crippen LogP contribution in [0.1, 0.15) is 58.3 Å². The van der Waals surface area contributed by atoms with E-state index in [9.17, 15) is 4.79 Å². The fourth-order valence-corrected chi connectivity index (χ4v) is 3.13. The molecule has 1 heterocycles. The molecule has 17 heavy (non-hydrogen) atoms. The molecule has 1 amide bonds. The van der Waals surface area contributed by atoms with Gasteiger partial charge in [-0.3, -0.25) is 4.79 Å². The van der Waals surface area contributed by atoms with Crippen molar-refractivity contribution in [3.8, 4) is 0 Å². The molecule has 0 radical (unpaired) electrons. The third-order valence-corrected chi connectivity index (χ3v) is 4.43. The summed E-state index contributed by atoms with van der Waals surface area (Å²) in [5.74, 6) is 1.07. The van der Waals surface area contributed by atoms with Gasteiger partial charge in [0, 0.05) is 6.54 Å². The molecular formula is C14H26N2O. The van der Waals surface area contributed by atoms with Crippen molar-refractivity contribution >= 4 is 5.91 Å². The van der Waals surface area contributed by atoms with Gasteiger partial charge in [0.25, 0.3) is 0 Å². The Morgan fingerprint density at radius 2 is 2.06 bits per heavy atom. The molecule has 0 spiro atoms. The van der Waals surface area contributed by atoms with Crippen LogP contribution in [0.15, 0.2) is 0 Å². The second-order valence-electron chi connectivity index (χ2n) is 5.91. The summed E-state index contributed by atoms with van der Waals surface area (Å²) in [5.41, 5.74) is -0.312. The number of amides is 1. The lowest BCUT2D eigenvalue weighted by Gasteiger charge is -2.33. The van der Waals surface area contributed by atoms with Crippen LogP contribution in [0.4, 0.5) is 0 Å². The average molecular weight is 238 g/mol. The molecule has 2 fully saturated rings. The molecule has 1 atom stereocenters. The Labute approximate surface area is 105 Å². The maximum absolute atomic E-state index is 12.1. The van der Waals surface area contributed by atoms with Crippen LogP contribution in [0.2, 0.25) is 0 Å². The fraction of sp³-hybridized carbons (Fsp3) is 0.929. The van der Waals surface area contributed by atoms with Gasteiger partial charge in [-0.05, 0) is 45.1 Å². The van der Waals surface area contributed by atoms with Gasteiger partial charge < -0.3 is 10.6 Å². The van der Waals surface area contributed by atoms with Gasteiger partial charge in [0.05, 0.1) is 5.54 Å². The van der Waals surface area contributed by atoms with Crippen molar-refractivity contribution in [3.63, 3.8) is 0 Å². The molecule has 1 unspecified atom stereocenters. The Morgan fingerprint density at radius 3 is 2.71 bits per heavy atom. The Bertz CT molecular complexity index is 253. The molecule has 2 rings (SSSR count). The van der Waals surface area contributed by atoms with Crippen LogP contribution in [-0.2, 0) is 4.79 Å². The lowest BCUT2D eigenvalue weighted by Crippen LogP contribution is -2.57. The van der Waals surface area contributed by atoms with Gasteiger partial charge >= 0.3 is 0 Å². The van der Waals surface area contributed by atoms with Gasteiger partial charge in [-0.2, -0.15) is 0 Å². The minimum absolute atomic E-state index is 0.204. The van der Waals surface area contributed by atoms with Gasteiger partial charge in [-0.1, -0.05) is 25.7 Å². The Morgan fingerprint density at radius 1 is 1.29 bits per heavy atom. The molecule has 2 N–H and O–H groups in total. The van der Waals surface area contributed by atoms with Gasteiger partial charge in [-0.25, -0.2) is 0 Å². The summed E-state index contributed by atoms with van der Waals surface area (Å²) in [6, 6.07) is 0. The Kier molecular flexibility index (Phi) is 4.43. The van der Waals surface area contributed by atoms with Gasteiger partial charge in [0.2, 0.25) is 5.91 Å². The SMILES string of the molecule is CC1(C(=O)NCCC2CCCC2)CCCCN1. The van der Waals surface area contributed by atoms with Crippen molar-refractivity contribution in [3.05, 3.63) is 0 Å². The first-order valence-electron chi connectivity index (χ1n) is 7.24. The largest absolute Gasteiger partial charge is 0.354 e. The van der Waals surface area contributed by atoms with E-state index in [0.29, 0.717) is 0 Å². The summed E-state index contributed by atoms with van der Waals surface area (Å²) in [5, 5.41) is 6.48. The number of piperidine rings is 1. The summed E-state index contributed by atoms with van der Waals surface area (Å²) in [4.78, 5) is 12.1. The monoisotopic (exact) mass is 238 g/mol. The number of hydrogen-bond donors (Lipinski definition) is 2. The van der Waals surface area contributed by atoms with Crippen LogP contribution in [0.5, 0.6) is 0 Å². The van der Waals surface area contributed by atoms with E-state index in [-0.39, 0.29) is 11.4 Å². The lowest BCUT2D eigenvalue weighted by molar-refractivity contribution is -0.127. The quantitative estimate of drug-likeness (QED) is 0.788. The number of carbonyl (C=O) groups is 1. The van der Waals surface area contributed by atoms with Crippen LogP contribution >= 0.6 is 0 Å². The number of carbonyl (C=O) groups excluding carboxylic acids is 1. The zero-order valence-corrected chi connectivity index (χ0v) is 11.1. The van der Waals surface area contributed by atoms with Crippen molar-refractivity contribution in [2.24, 2.45) is 5.92 Å². The summed E-state index contributed by atoms with van der Waals surface area (Å²) >= 11 is 0. The summed E-state index contributed by atoms with van der Waals surface area (Å²) in [6.07, 6.45) is 10.0. The molecular weight excluding hydrogens is 212 g/mol. The summed E-state index contributed by atoms with van der Waals surface area (Å²) in [6.45, 7) is 3.88. The lowest BCUT2D eigenvalue weighted by atomic mass is 9.90. The molecule has 98 valence electrons. The average Bonchev–Trinajstić information content (AvgIpc) is 2.83. The van der Waals surface area contributed by atoms with E-state index in [1.807, 2.05) is 6.92 Å². The molecule has 0 aromatic heterocycles. The van der Waals surface area contributed by atoms with E-state index in [1.165, 1.54) is 44.9 Å². The van der Waals surface area contributed by atoms with Gasteiger partial charge in [0.15, 0.2) is 0 Å². The topological polar surface area (TPSA) is 41.1 Å². The highest BCUT2D eigenvalue weighted by Gasteiger charge is 2.33. The minimum Gasteiger partial charge on any atom is -0.354 e. The Hall–Kier alpha value is -0.570. The van der Waals surface area contributed by atoms with Gasteiger partial charge in [-0.15, -0.1) is 0 Å². The second-order valence-corrected chi connectivity index (χ2v) is 5.91. The smallest absolute Gasteiger partial charge is 0.240 e. The van der Waals surface area contributed by atoms with Crippen LogP contribution < -0.4 is 10.6 Å². The first kappa shape index (κ1) is 12.9. The highest BCUT2D eigenvalue weighted by molar-refractivity contribution is 5.85. The summed E-state index contributed by atoms with van der Waals surface area (Å²) < 4.78 is 0. The highest BCUT2D eigenvalue weighted by atomic mass is 16.2. The first-order valence-corrected chi connectivity index (χ1v) is 7.24. The molecule has 1 aliphatic carbocycles. The maximum atomic E-state index is 12.1. The first-order chi connectivity index (χ1) is 8.21. The molecule has 3 heteroatoms. The third kappa shape index (κ3) is 3.44. The van der Waals surface area contributed by atoms with E-state index >= 15 is 0 Å². The zero-order chi connectivity index (χ0) is 12.1. The minimum atomic E-state index is -0.312. The van der Waals surface area contributed by atoms with Crippen molar-refractivity contribution in [2.45, 2.75) is 63.8 Å². The van der Waals surface area contributed by atoms with Crippen molar-refractivity contribution in [1.82, 2.24) is 10.6 Å². The standard InChI is InChI=1S/C14H26N2O/c1-14(9-4-5-10-16-14)13(17)15-11-8-12-6-2-3-7-12/h12,16H,2-11H2,1H3,(H,15,17). The molecule has 0 aromatic carbocycles. The Balaban J connectivity index is 1.68. The van der Waals surface area contributed by atoms with E-state index in [1.54, 1.807) is 0 Å². The molecule has 1 saturated carbocycles. The van der Waals surface area contributed by atoms with Crippen molar-refractivity contribution < 1.29 is 4.79 Å². The van der Waals surface area contributed by atoms with E-state index in [2.05, 4.69) is 10.6 Å². The fourth-order valence-electron chi connectivity index (χ4n) is 3.13. The van der Waals surface area contributed by atoms with Crippen LogP contribution in [0.25, 0.3) is 0 Å².